The van der Waals surface area contributed by atoms with Gasteiger partial charge in [-0.15, -0.1) is 0 Å². The molecule has 88 valence electrons. The smallest absolute Gasteiger partial charge is 0.317 e. The predicted molar refractivity (Wildman–Crippen MR) is 56.4 cm³/mol. The van der Waals surface area contributed by atoms with Gasteiger partial charge in [0.2, 0.25) is 0 Å². The molecular weight excluding hydrogens is 196 g/mol. The van der Waals surface area contributed by atoms with Crippen molar-refractivity contribution in [3.05, 3.63) is 0 Å². The molecule has 4 heteroatoms. The van der Waals surface area contributed by atoms with E-state index < -0.39 is 18.4 Å². The van der Waals surface area contributed by atoms with Gasteiger partial charge in [0.1, 0.15) is 12.5 Å². The molecule has 0 fully saturated rings. The maximum absolute atomic E-state index is 11.1. The first kappa shape index (κ1) is 13.9. The first-order valence-corrected chi connectivity index (χ1v) is 5.24. The van der Waals surface area contributed by atoms with Crippen LogP contribution in [0.25, 0.3) is 0 Å². The number of hydrogen-bond acceptors (Lipinski definition) is 3. The molecule has 1 N–H and O–H groups in total. The number of carbonyl (C=O) groups excluding carboxylic acids is 1. The predicted octanol–water partition coefficient (Wildman–Crippen LogP) is 2.08. The van der Waals surface area contributed by atoms with Crippen LogP contribution in [0.3, 0.4) is 0 Å². The van der Waals surface area contributed by atoms with E-state index >= 15 is 0 Å². The Morgan fingerprint density at radius 2 is 1.73 bits per heavy atom. The molecule has 0 saturated carbocycles. The van der Waals surface area contributed by atoms with Gasteiger partial charge in [-0.3, -0.25) is 9.59 Å². The molecule has 0 aromatic rings. The van der Waals surface area contributed by atoms with Crippen LogP contribution in [0, 0.1) is 11.8 Å². The van der Waals surface area contributed by atoms with E-state index in [1.165, 1.54) is 0 Å². The highest BCUT2D eigenvalue weighted by Gasteiger charge is 2.20. The van der Waals surface area contributed by atoms with Gasteiger partial charge in [-0.1, -0.05) is 27.7 Å². The SMILES string of the molecule is CC(C)CC(OC(=O)CC(=O)O)C(C)C. The molecule has 0 amide bonds. The average molecular weight is 216 g/mol. The Morgan fingerprint density at radius 3 is 2.07 bits per heavy atom. The highest BCUT2D eigenvalue weighted by molar-refractivity contribution is 5.90. The summed E-state index contributed by atoms with van der Waals surface area (Å²) >= 11 is 0. The Hall–Kier alpha value is -1.06. The molecule has 1 unspecified atom stereocenters. The van der Waals surface area contributed by atoms with Gasteiger partial charge in [0.05, 0.1) is 0 Å². The van der Waals surface area contributed by atoms with Crippen molar-refractivity contribution in [2.24, 2.45) is 11.8 Å². The van der Waals surface area contributed by atoms with Crippen LogP contribution in [0.15, 0.2) is 0 Å². The minimum absolute atomic E-state index is 0.183. The zero-order valence-electron chi connectivity index (χ0n) is 9.82. The lowest BCUT2D eigenvalue weighted by Crippen LogP contribution is -2.26. The lowest BCUT2D eigenvalue weighted by Gasteiger charge is -2.22. The summed E-state index contributed by atoms with van der Waals surface area (Å²) in [5, 5.41) is 8.42. The Bertz CT molecular complexity index is 221. The number of esters is 1. The molecule has 0 heterocycles. The quantitative estimate of drug-likeness (QED) is 0.545. The van der Waals surface area contributed by atoms with Crippen LogP contribution in [0.2, 0.25) is 0 Å². The second-order valence-corrected chi connectivity index (χ2v) is 4.47. The minimum atomic E-state index is -1.15. The summed E-state index contributed by atoms with van der Waals surface area (Å²) in [5.41, 5.74) is 0. The molecule has 1 atom stereocenters. The standard InChI is InChI=1S/C11H20O4/c1-7(2)5-9(8(3)4)15-11(14)6-10(12)13/h7-9H,5-6H2,1-4H3,(H,12,13). The molecule has 0 saturated heterocycles. The largest absolute Gasteiger partial charge is 0.481 e. The van der Waals surface area contributed by atoms with E-state index in [1.54, 1.807) is 0 Å². The van der Waals surface area contributed by atoms with Gasteiger partial charge < -0.3 is 9.84 Å². The van der Waals surface area contributed by atoms with Crippen molar-refractivity contribution < 1.29 is 19.4 Å². The molecule has 0 aliphatic rings. The van der Waals surface area contributed by atoms with Crippen molar-refractivity contribution in [3.63, 3.8) is 0 Å². The van der Waals surface area contributed by atoms with E-state index in [4.69, 9.17) is 9.84 Å². The summed E-state index contributed by atoms with van der Waals surface area (Å²) in [6.07, 6.45) is 0.0292. The van der Waals surface area contributed by atoms with E-state index in [9.17, 15) is 9.59 Å². The fourth-order valence-corrected chi connectivity index (χ4v) is 1.25. The van der Waals surface area contributed by atoms with Crippen LogP contribution in [-0.2, 0) is 14.3 Å². The third-order valence-corrected chi connectivity index (χ3v) is 2.03. The Kier molecular flexibility index (Phi) is 5.97. The molecule has 0 spiro atoms. The third kappa shape index (κ3) is 6.94. The normalized spacial score (nSPS) is 12.9. The summed E-state index contributed by atoms with van der Waals surface area (Å²) in [4.78, 5) is 21.4. The van der Waals surface area contributed by atoms with E-state index in [0.717, 1.165) is 6.42 Å². The summed E-state index contributed by atoms with van der Waals surface area (Å²) in [5.74, 6) is -1.16. The topological polar surface area (TPSA) is 63.6 Å². The molecule has 0 aliphatic carbocycles. The molecule has 0 radical (unpaired) electrons. The Labute approximate surface area is 90.6 Å². The maximum atomic E-state index is 11.1. The molecule has 0 aromatic carbocycles. The van der Waals surface area contributed by atoms with Gasteiger partial charge in [0, 0.05) is 0 Å². The fourth-order valence-electron chi connectivity index (χ4n) is 1.25. The monoisotopic (exact) mass is 216 g/mol. The number of carboxylic acid groups (broad SMARTS) is 1. The average Bonchev–Trinajstić information content (AvgIpc) is 1.99. The van der Waals surface area contributed by atoms with Crippen molar-refractivity contribution in [2.45, 2.75) is 46.6 Å². The first-order valence-electron chi connectivity index (χ1n) is 5.24. The molecule has 0 aromatic heterocycles. The number of hydrogen-bond donors (Lipinski definition) is 1. The molecule has 0 bridgehead atoms. The number of carbonyl (C=O) groups is 2. The van der Waals surface area contributed by atoms with Gasteiger partial charge in [-0.25, -0.2) is 0 Å². The van der Waals surface area contributed by atoms with E-state index in [0.29, 0.717) is 5.92 Å². The Morgan fingerprint density at radius 1 is 1.20 bits per heavy atom. The minimum Gasteiger partial charge on any atom is -0.481 e. The van der Waals surface area contributed by atoms with Crippen molar-refractivity contribution in [1.29, 1.82) is 0 Å². The lowest BCUT2D eigenvalue weighted by molar-refractivity contribution is -0.157. The van der Waals surface area contributed by atoms with Crippen LogP contribution in [-0.4, -0.2) is 23.1 Å². The summed E-state index contributed by atoms with van der Waals surface area (Å²) in [6, 6.07) is 0. The summed E-state index contributed by atoms with van der Waals surface area (Å²) in [6.45, 7) is 8.00. The van der Waals surface area contributed by atoms with E-state index in [-0.39, 0.29) is 12.0 Å². The van der Waals surface area contributed by atoms with Gasteiger partial charge in [0.25, 0.3) is 0 Å². The van der Waals surface area contributed by atoms with E-state index in [1.807, 2.05) is 27.7 Å². The number of rotatable bonds is 6. The lowest BCUT2D eigenvalue weighted by atomic mass is 9.97. The summed E-state index contributed by atoms with van der Waals surface area (Å²) in [7, 11) is 0. The maximum Gasteiger partial charge on any atom is 0.317 e. The van der Waals surface area contributed by atoms with Crippen LogP contribution >= 0.6 is 0 Å². The number of aliphatic carboxylic acids is 1. The van der Waals surface area contributed by atoms with Crippen LogP contribution in [0.4, 0.5) is 0 Å². The highest BCUT2D eigenvalue weighted by Crippen LogP contribution is 2.16. The molecule has 15 heavy (non-hydrogen) atoms. The third-order valence-electron chi connectivity index (χ3n) is 2.03. The second kappa shape index (κ2) is 6.43. The fraction of sp³-hybridized carbons (Fsp3) is 0.818. The Balaban J connectivity index is 4.16. The zero-order chi connectivity index (χ0) is 12.0. The van der Waals surface area contributed by atoms with Crippen LogP contribution in [0.1, 0.15) is 40.5 Å². The number of ether oxygens (including phenoxy) is 1. The zero-order valence-corrected chi connectivity index (χ0v) is 9.82. The molecule has 0 rings (SSSR count). The molecular formula is C11H20O4. The van der Waals surface area contributed by atoms with Crippen LogP contribution in [0.5, 0.6) is 0 Å². The van der Waals surface area contributed by atoms with Crippen LogP contribution < -0.4 is 0 Å². The molecule has 0 aliphatic heterocycles. The van der Waals surface area contributed by atoms with Gasteiger partial charge in [-0.05, 0) is 18.3 Å². The van der Waals surface area contributed by atoms with Crippen molar-refractivity contribution in [1.82, 2.24) is 0 Å². The summed E-state index contributed by atoms with van der Waals surface area (Å²) < 4.78 is 5.11. The van der Waals surface area contributed by atoms with E-state index in [2.05, 4.69) is 0 Å². The van der Waals surface area contributed by atoms with Crippen molar-refractivity contribution >= 4 is 11.9 Å². The van der Waals surface area contributed by atoms with Gasteiger partial charge >= 0.3 is 11.9 Å². The number of carboxylic acids is 1. The van der Waals surface area contributed by atoms with Crippen molar-refractivity contribution in [3.8, 4) is 0 Å². The first-order chi connectivity index (χ1) is 6.82. The highest BCUT2D eigenvalue weighted by atomic mass is 16.5. The molecule has 4 nitrogen and oxygen atoms in total. The second-order valence-electron chi connectivity index (χ2n) is 4.47. The van der Waals surface area contributed by atoms with Gasteiger partial charge in [0.15, 0.2) is 0 Å². The van der Waals surface area contributed by atoms with Crippen molar-refractivity contribution in [2.75, 3.05) is 0 Å². The van der Waals surface area contributed by atoms with Gasteiger partial charge in [-0.2, -0.15) is 0 Å².